The fraction of sp³-hybridized carbons (Fsp3) is 0.583. The molecular weight excluding hydrogens is 426 g/mol. The topological polar surface area (TPSA) is 90.3 Å². The maximum Gasteiger partial charge on any atom is 0.267 e. The number of rotatable bonds is 6. The highest BCUT2D eigenvalue weighted by Gasteiger charge is 2.27. The quantitative estimate of drug-likeness (QED) is 0.660. The molecule has 8 heteroatoms. The third-order valence-electron chi connectivity index (χ3n) is 5.22. The van der Waals surface area contributed by atoms with E-state index in [9.17, 15) is 13.2 Å². The fourth-order valence-corrected chi connectivity index (χ4v) is 4.25. The molecule has 0 saturated carbocycles. The standard InChI is InChI=1S/C24H37N3O4S/c1-15(2)27-20(32(10,29)30)14-25-22(27)26-21(28)16(3)31-19-12-11-17(23(4,5)6)13-18(19)24(7,8)9/h11-16H,1-10H3,(H,25,26,28). The van der Waals surface area contributed by atoms with E-state index in [0.29, 0.717) is 5.75 Å². The minimum Gasteiger partial charge on any atom is -0.481 e. The minimum absolute atomic E-state index is 0.00718. The predicted octanol–water partition coefficient (Wildman–Crippen LogP) is 4.87. The summed E-state index contributed by atoms with van der Waals surface area (Å²) in [6.07, 6.45) is 1.57. The lowest BCUT2D eigenvalue weighted by Crippen LogP contribution is -2.32. The highest BCUT2D eigenvalue weighted by atomic mass is 32.2. The van der Waals surface area contributed by atoms with Gasteiger partial charge in [0.05, 0.1) is 6.20 Å². The Morgan fingerprint density at radius 2 is 1.66 bits per heavy atom. The van der Waals surface area contributed by atoms with Gasteiger partial charge >= 0.3 is 0 Å². The Bertz CT molecular complexity index is 1090. The van der Waals surface area contributed by atoms with E-state index in [1.54, 1.807) is 6.92 Å². The van der Waals surface area contributed by atoms with Crippen molar-refractivity contribution in [3.63, 3.8) is 0 Å². The van der Waals surface area contributed by atoms with Gasteiger partial charge in [0, 0.05) is 12.3 Å². The third-order valence-corrected chi connectivity index (χ3v) is 6.28. The number of nitrogens with zero attached hydrogens (tertiary/aromatic N) is 2. The van der Waals surface area contributed by atoms with Gasteiger partial charge in [0.25, 0.3) is 5.91 Å². The number of nitrogens with one attached hydrogen (secondary N) is 1. The van der Waals surface area contributed by atoms with Crippen molar-refractivity contribution in [1.82, 2.24) is 9.55 Å². The molecule has 0 fully saturated rings. The molecule has 1 aromatic carbocycles. The molecule has 0 aliphatic heterocycles. The molecule has 2 rings (SSSR count). The summed E-state index contributed by atoms with van der Waals surface area (Å²) in [6, 6.07) is 5.89. The Morgan fingerprint density at radius 1 is 1.06 bits per heavy atom. The Hall–Kier alpha value is -2.35. The second-order valence-electron chi connectivity index (χ2n) is 10.6. The van der Waals surface area contributed by atoms with Crippen molar-refractivity contribution >= 4 is 21.7 Å². The predicted molar refractivity (Wildman–Crippen MR) is 128 cm³/mol. The second kappa shape index (κ2) is 8.89. The van der Waals surface area contributed by atoms with Crippen LogP contribution in [0.4, 0.5) is 5.95 Å². The van der Waals surface area contributed by atoms with Crippen molar-refractivity contribution < 1.29 is 17.9 Å². The Morgan fingerprint density at radius 3 is 2.12 bits per heavy atom. The summed E-state index contributed by atoms with van der Waals surface area (Å²) < 4.78 is 31.7. The van der Waals surface area contributed by atoms with Gasteiger partial charge in [-0.3, -0.25) is 14.7 Å². The summed E-state index contributed by atoms with van der Waals surface area (Å²) in [5.41, 5.74) is 2.03. The van der Waals surface area contributed by atoms with Gasteiger partial charge in [0.2, 0.25) is 5.95 Å². The van der Waals surface area contributed by atoms with E-state index >= 15 is 0 Å². The van der Waals surface area contributed by atoms with Gasteiger partial charge in [-0.05, 0) is 48.8 Å². The summed E-state index contributed by atoms with van der Waals surface area (Å²) in [5.74, 6) is 0.425. The van der Waals surface area contributed by atoms with Crippen LogP contribution in [0.2, 0.25) is 0 Å². The van der Waals surface area contributed by atoms with Crippen LogP contribution in [0.15, 0.2) is 29.4 Å². The molecule has 0 aliphatic carbocycles. The molecule has 32 heavy (non-hydrogen) atoms. The maximum absolute atomic E-state index is 12.9. The maximum atomic E-state index is 12.9. The van der Waals surface area contributed by atoms with Gasteiger partial charge in [0.15, 0.2) is 21.0 Å². The molecule has 0 aliphatic rings. The first-order valence-electron chi connectivity index (χ1n) is 10.8. The lowest BCUT2D eigenvalue weighted by atomic mass is 9.80. The van der Waals surface area contributed by atoms with Crippen LogP contribution in [0.3, 0.4) is 0 Å². The Balaban J connectivity index is 2.32. The van der Waals surface area contributed by atoms with Gasteiger partial charge in [0.1, 0.15) is 5.75 Å². The molecule has 178 valence electrons. The normalized spacial score (nSPS) is 13.8. The molecule has 2 aromatic rings. The van der Waals surface area contributed by atoms with E-state index < -0.39 is 21.8 Å². The number of amides is 1. The highest BCUT2D eigenvalue weighted by molar-refractivity contribution is 7.90. The number of sulfone groups is 1. The molecule has 1 amide bonds. The molecule has 0 spiro atoms. The zero-order valence-corrected chi connectivity index (χ0v) is 21.7. The lowest BCUT2D eigenvalue weighted by molar-refractivity contribution is -0.122. The number of anilines is 1. The number of hydrogen-bond donors (Lipinski definition) is 1. The van der Waals surface area contributed by atoms with Crippen LogP contribution >= 0.6 is 0 Å². The monoisotopic (exact) mass is 463 g/mol. The largest absolute Gasteiger partial charge is 0.481 e. The molecule has 1 unspecified atom stereocenters. The molecule has 1 heterocycles. The van der Waals surface area contributed by atoms with Gasteiger partial charge in [-0.2, -0.15) is 0 Å². The van der Waals surface area contributed by atoms with Gasteiger partial charge in [-0.1, -0.05) is 53.7 Å². The summed E-state index contributed by atoms with van der Waals surface area (Å²) in [7, 11) is -3.48. The average molecular weight is 464 g/mol. The van der Waals surface area contributed by atoms with Crippen molar-refractivity contribution in [3.8, 4) is 5.75 Å². The molecule has 7 nitrogen and oxygen atoms in total. The van der Waals surface area contributed by atoms with Crippen LogP contribution < -0.4 is 10.1 Å². The zero-order valence-electron chi connectivity index (χ0n) is 20.9. The smallest absolute Gasteiger partial charge is 0.267 e. The molecule has 0 radical (unpaired) electrons. The molecule has 1 aromatic heterocycles. The van der Waals surface area contributed by atoms with Crippen molar-refractivity contribution in [2.24, 2.45) is 0 Å². The number of carbonyl (C=O) groups excluding carboxylic acids is 1. The number of carbonyl (C=O) groups is 1. The SMILES string of the molecule is CC(Oc1ccc(C(C)(C)C)cc1C(C)(C)C)C(=O)Nc1ncc(S(C)(=O)=O)n1C(C)C. The Kier molecular flexibility index (Phi) is 7.19. The van der Waals surface area contributed by atoms with Crippen LogP contribution in [0.5, 0.6) is 5.75 Å². The number of ether oxygens (including phenoxy) is 1. The van der Waals surface area contributed by atoms with Gasteiger partial charge in [-0.15, -0.1) is 0 Å². The number of benzene rings is 1. The van der Waals surface area contributed by atoms with E-state index in [2.05, 4.69) is 57.9 Å². The van der Waals surface area contributed by atoms with Crippen LogP contribution in [0, 0.1) is 0 Å². The summed E-state index contributed by atoms with van der Waals surface area (Å²) in [4.78, 5) is 17.0. The minimum atomic E-state index is -3.48. The summed E-state index contributed by atoms with van der Waals surface area (Å²) in [6.45, 7) is 18.1. The van der Waals surface area contributed by atoms with Gasteiger partial charge < -0.3 is 4.74 Å². The van der Waals surface area contributed by atoms with E-state index in [1.165, 1.54) is 16.3 Å². The molecule has 1 N–H and O–H groups in total. The van der Waals surface area contributed by atoms with E-state index in [4.69, 9.17) is 4.74 Å². The second-order valence-corrected chi connectivity index (χ2v) is 12.6. The molecule has 1 atom stereocenters. The van der Waals surface area contributed by atoms with E-state index in [-0.39, 0.29) is 27.8 Å². The zero-order chi connectivity index (χ0) is 24.6. The summed E-state index contributed by atoms with van der Waals surface area (Å²) >= 11 is 0. The average Bonchev–Trinajstić information content (AvgIpc) is 3.04. The molecule has 0 saturated heterocycles. The van der Waals surface area contributed by atoms with Crippen LogP contribution in [-0.4, -0.2) is 36.2 Å². The first kappa shape index (κ1) is 25.9. The fourth-order valence-electron chi connectivity index (χ4n) is 3.35. The first-order chi connectivity index (χ1) is 14.4. The third kappa shape index (κ3) is 5.91. The lowest BCUT2D eigenvalue weighted by Gasteiger charge is -2.28. The van der Waals surface area contributed by atoms with E-state index in [1.807, 2.05) is 26.0 Å². The number of imidazole rings is 1. The number of hydrogen-bond acceptors (Lipinski definition) is 5. The van der Waals surface area contributed by atoms with Gasteiger partial charge in [-0.25, -0.2) is 13.4 Å². The van der Waals surface area contributed by atoms with Crippen molar-refractivity contribution in [1.29, 1.82) is 0 Å². The van der Waals surface area contributed by atoms with Crippen LogP contribution in [0.1, 0.15) is 79.5 Å². The van der Waals surface area contributed by atoms with Crippen molar-refractivity contribution in [2.75, 3.05) is 11.6 Å². The van der Waals surface area contributed by atoms with Crippen LogP contribution in [-0.2, 0) is 25.5 Å². The van der Waals surface area contributed by atoms with Crippen LogP contribution in [0.25, 0.3) is 0 Å². The van der Waals surface area contributed by atoms with Crippen molar-refractivity contribution in [3.05, 3.63) is 35.5 Å². The highest BCUT2D eigenvalue weighted by Crippen LogP contribution is 2.36. The molecular formula is C24H37N3O4S. The molecule has 0 bridgehead atoms. The number of aromatic nitrogens is 2. The summed E-state index contributed by atoms with van der Waals surface area (Å²) in [5, 5.41) is 2.78. The first-order valence-corrected chi connectivity index (χ1v) is 12.7. The Labute approximate surface area is 192 Å². The van der Waals surface area contributed by atoms with E-state index in [0.717, 1.165) is 11.8 Å². The van der Waals surface area contributed by atoms with Crippen molar-refractivity contribution in [2.45, 2.75) is 90.3 Å².